The van der Waals surface area contributed by atoms with Crippen LogP contribution in [-0.4, -0.2) is 44.4 Å². The second-order valence-electron chi connectivity index (χ2n) is 7.16. The average molecular weight is 415 g/mol. The van der Waals surface area contributed by atoms with Gasteiger partial charge in [-0.15, -0.1) is 0 Å². The molecule has 0 aliphatic heterocycles. The quantitative estimate of drug-likeness (QED) is 0.428. The SMILES string of the molecule is CCOC(CCNC(=NC)NCc1ccc(Oc2cccc(OC)c2)nc1)C(C)C. The van der Waals surface area contributed by atoms with Gasteiger partial charge >= 0.3 is 0 Å². The third-order valence-corrected chi connectivity index (χ3v) is 4.59. The lowest BCUT2D eigenvalue weighted by Gasteiger charge is -2.21. The highest BCUT2D eigenvalue weighted by molar-refractivity contribution is 5.79. The predicted octanol–water partition coefficient (Wildman–Crippen LogP) is 4.00. The van der Waals surface area contributed by atoms with Crippen molar-refractivity contribution in [1.82, 2.24) is 15.6 Å². The van der Waals surface area contributed by atoms with E-state index in [1.807, 2.05) is 43.3 Å². The number of aromatic nitrogens is 1. The van der Waals surface area contributed by atoms with Crippen molar-refractivity contribution in [3.63, 3.8) is 0 Å². The van der Waals surface area contributed by atoms with Crippen molar-refractivity contribution in [2.75, 3.05) is 27.3 Å². The Morgan fingerprint density at radius 3 is 2.57 bits per heavy atom. The molecule has 1 unspecified atom stereocenters. The fourth-order valence-corrected chi connectivity index (χ4v) is 2.92. The molecule has 0 fully saturated rings. The number of ether oxygens (including phenoxy) is 3. The maximum Gasteiger partial charge on any atom is 0.219 e. The number of nitrogens with one attached hydrogen (secondary N) is 2. The van der Waals surface area contributed by atoms with Crippen LogP contribution in [0.3, 0.4) is 0 Å². The number of benzene rings is 1. The molecular formula is C23H34N4O3. The van der Waals surface area contributed by atoms with Gasteiger partial charge in [0.05, 0.1) is 13.2 Å². The Morgan fingerprint density at radius 2 is 1.93 bits per heavy atom. The highest BCUT2D eigenvalue weighted by atomic mass is 16.5. The molecule has 0 saturated heterocycles. The van der Waals surface area contributed by atoms with Gasteiger partial charge in [0.25, 0.3) is 0 Å². The lowest BCUT2D eigenvalue weighted by molar-refractivity contribution is 0.0258. The predicted molar refractivity (Wildman–Crippen MR) is 120 cm³/mol. The lowest BCUT2D eigenvalue weighted by Crippen LogP contribution is -2.38. The Kier molecular flexibility index (Phi) is 9.94. The molecule has 0 radical (unpaired) electrons. The van der Waals surface area contributed by atoms with Crippen LogP contribution < -0.4 is 20.1 Å². The second-order valence-corrected chi connectivity index (χ2v) is 7.16. The summed E-state index contributed by atoms with van der Waals surface area (Å²) >= 11 is 0. The van der Waals surface area contributed by atoms with Crippen molar-refractivity contribution in [2.24, 2.45) is 10.9 Å². The normalized spacial score (nSPS) is 12.5. The first-order valence-electron chi connectivity index (χ1n) is 10.4. The van der Waals surface area contributed by atoms with Crippen molar-refractivity contribution in [1.29, 1.82) is 0 Å². The summed E-state index contributed by atoms with van der Waals surface area (Å²) in [5.74, 6) is 3.21. The van der Waals surface area contributed by atoms with Gasteiger partial charge in [-0.1, -0.05) is 26.0 Å². The van der Waals surface area contributed by atoms with Crippen molar-refractivity contribution < 1.29 is 14.2 Å². The molecule has 30 heavy (non-hydrogen) atoms. The highest BCUT2D eigenvalue weighted by Gasteiger charge is 2.13. The summed E-state index contributed by atoms with van der Waals surface area (Å²) in [5.41, 5.74) is 1.03. The van der Waals surface area contributed by atoms with Crippen molar-refractivity contribution in [3.8, 4) is 17.4 Å². The van der Waals surface area contributed by atoms with Gasteiger partial charge in [-0.3, -0.25) is 4.99 Å². The van der Waals surface area contributed by atoms with Crippen molar-refractivity contribution >= 4 is 5.96 Å². The molecule has 0 amide bonds. The number of rotatable bonds is 11. The largest absolute Gasteiger partial charge is 0.497 e. The number of methoxy groups -OCH3 is 1. The topological polar surface area (TPSA) is 77.0 Å². The smallest absolute Gasteiger partial charge is 0.219 e. The van der Waals surface area contributed by atoms with Crippen LogP contribution in [0, 0.1) is 5.92 Å². The monoisotopic (exact) mass is 414 g/mol. The molecule has 0 bridgehead atoms. The first kappa shape index (κ1) is 23.5. The summed E-state index contributed by atoms with van der Waals surface area (Å²) in [4.78, 5) is 8.66. The van der Waals surface area contributed by atoms with Gasteiger partial charge in [-0.25, -0.2) is 4.98 Å². The van der Waals surface area contributed by atoms with Gasteiger partial charge in [0.2, 0.25) is 5.88 Å². The van der Waals surface area contributed by atoms with Crippen LogP contribution >= 0.6 is 0 Å². The number of aliphatic imine (C=N–C) groups is 1. The summed E-state index contributed by atoms with van der Waals surface area (Å²) in [6.45, 7) is 8.55. The zero-order valence-electron chi connectivity index (χ0n) is 18.6. The Balaban J connectivity index is 1.80. The summed E-state index contributed by atoms with van der Waals surface area (Å²) in [6, 6.07) is 11.3. The first-order chi connectivity index (χ1) is 14.5. The van der Waals surface area contributed by atoms with Crippen LogP contribution in [0.5, 0.6) is 17.4 Å². The molecule has 2 N–H and O–H groups in total. The number of nitrogens with zero attached hydrogens (tertiary/aromatic N) is 2. The molecule has 1 aromatic heterocycles. The van der Waals surface area contributed by atoms with E-state index < -0.39 is 0 Å². The second kappa shape index (κ2) is 12.7. The Morgan fingerprint density at radius 1 is 1.13 bits per heavy atom. The van der Waals surface area contributed by atoms with Gasteiger partial charge < -0.3 is 24.8 Å². The van der Waals surface area contributed by atoms with Crippen LogP contribution in [0.1, 0.15) is 32.8 Å². The van der Waals surface area contributed by atoms with E-state index in [4.69, 9.17) is 14.2 Å². The fraction of sp³-hybridized carbons (Fsp3) is 0.478. The van der Waals surface area contributed by atoms with E-state index in [9.17, 15) is 0 Å². The number of guanidine groups is 1. The molecule has 2 rings (SSSR count). The Bertz CT molecular complexity index is 778. The van der Waals surface area contributed by atoms with E-state index in [0.29, 0.717) is 24.1 Å². The lowest BCUT2D eigenvalue weighted by atomic mass is 10.0. The molecule has 7 nitrogen and oxygen atoms in total. The van der Waals surface area contributed by atoms with Gasteiger partial charge in [0, 0.05) is 45.1 Å². The molecule has 1 atom stereocenters. The van der Waals surface area contributed by atoms with Gasteiger partial charge in [0.1, 0.15) is 11.5 Å². The fourth-order valence-electron chi connectivity index (χ4n) is 2.92. The molecule has 164 valence electrons. The summed E-state index contributed by atoms with van der Waals surface area (Å²) in [6.07, 6.45) is 2.98. The van der Waals surface area contributed by atoms with Crippen LogP contribution in [0.15, 0.2) is 47.6 Å². The van der Waals surface area contributed by atoms with Crippen LogP contribution in [0.2, 0.25) is 0 Å². The Labute approximate surface area is 179 Å². The standard InChI is InChI=1S/C23H34N4O3/c1-6-29-21(17(2)3)12-13-25-23(24-4)27-16-18-10-11-22(26-15-18)30-20-9-7-8-19(14-20)28-5/h7-11,14-15,17,21H,6,12-13,16H2,1-5H3,(H2,24,25,27). The van der Waals surface area contributed by atoms with E-state index in [1.165, 1.54) is 0 Å². The molecule has 0 saturated carbocycles. The van der Waals surface area contributed by atoms with Gasteiger partial charge in [0.15, 0.2) is 5.96 Å². The molecule has 0 spiro atoms. The van der Waals surface area contributed by atoms with Gasteiger partial charge in [-0.2, -0.15) is 0 Å². The third-order valence-electron chi connectivity index (χ3n) is 4.59. The number of hydrogen-bond donors (Lipinski definition) is 2. The molecule has 1 aromatic carbocycles. The van der Waals surface area contributed by atoms with Crippen LogP contribution in [-0.2, 0) is 11.3 Å². The maximum absolute atomic E-state index is 5.79. The van der Waals surface area contributed by atoms with Crippen LogP contribution in [0.4, 0.5) is 0 Å². The number of pyridine rings is 1. The molecule has 0 aliphatic rings. The van der Waals surface area contributed by atoms with Crippen molar-refractivity contribution in [3.05, 3.63) is 48.2 Å². The zero-order valence-corrected chi connectivity index (χ0v) is 18.6. The maximum atomic E-state index is 5.79. The van der Waals surface area contributed by atoms with E-state index in [1.54, 1.807) is 20.4 Å². The molecule has 7 heteroatoms. The van der Waals surface area contributed by atoms with E-state index in [-0.39, 0.29) is 6.10 Å². The third kappa shape index (κ3) is 7.91. The van der Waals surface area contributed by atoms with E-state index in [0.717, 1.165) is 36.8 Å². The first-order valence-corrected chi connectivity index (χ1v) is 10.4. The molecule has 1 heterocycles. The van der Waals surface area contributed by atoms with E-state index >= 15 is 0 Å². The summed E-state index contributed by atoms with van der Waals surface area (Å²) < 4.78 is 16.8. The summed E-state index contributed by atoms with van der Waals surface area (Å²) in [7, 11) is 3.39. The Hall–Kier alpha value is -2.80. The molecule has 0 aliphatic carbocycles. The molecule has 2 aromatic rings. The number of hydrogen-bond acceptors (Lipinski definition) is 5. The minimum absolute atomic E-state index is 0.252. The summed E-state index contributed by atoms with van der Waals surface area (Å²) in [5, 5.41) is 6.65. The average Bonchev–Trinajstić information content (AvgIpc) is 2.76. The van der Waals surface area contributed by atoms with Crippen LogP contribution in [0.25, 0.3) is 0 Å². The molecular weight excluding hydrogens is 380 g/mol. The minimum atomic E-state index is 0.252. The minimum Gasteiger partial charge on any atom is -0.497 e. The van der Waals surface area contributed by atoms with Gasteiger partial charge in [-0.05, 0) is 37.0 Å². The van der Waals surface area contributed by atoms with Crippen molar-refractivity contribution in [2.45, 2.75) is 39.8 Å². The zero-order chi connectivity index (χ0) is 21.8. The highest BCUT2D eigenvalue weighted by Crippen LogP contribution is 2.23. The van der Waals surface area contributed by atoms with E-state index in [2.05, 4.69) is 34.5 Å².